The second-order valence-electron chi connectivity index (χ2n) is 6.73. The summed E-state index contributed by atoms with van der Waals surface area (Å²) >= 11 is 0. The molecule has 1 aliphatic rings. The largest absolute Gasteiger partial charge is 0.411 e. The SMILES string of the molecule is Cc1ccc(NS(=O)(=O)c2c[nH]c(-c3nnc(C(=O)N4CCCC4)o3)c2)cc1F. The number of halogens is 1. The smallest absolute Gasteiger partial charge is 0.311 e. The molecule has 0 atom stereocenters. The van der Waals surface area contributed by atoms with Crippen molar-refractivity contribution in [3.05, 3.63) is 47.7 Å². The Labute approximate surface area is 166 Å². The summed E-state index contributed by atoms with van der Waals surface area (Å²) in [7, 11) is -3.97. The Hall–Kier alpha value is -3.21. The molecule has 0 spiro atoms. The summed E-state index contributed by atoms with van der Waals surface area (Å²) in [5, 5.41) is 7.58. The third-order valence-corrected chi connectivity index (χ3v) is 5.98. The third kappa shape index (κ3) is 3.86. The van der Waals surface area contributed by atoms with Gasteiger partial charge in [-0.15, -0.1) is 10.2 Å². The standard InChI is InChI=1S/C18H18FN5O4S/c1-11-4-5-12(8-14(11)19)23-29(26,27)13-9-15(20-10-13)16-21-22-17(28-16)18(25)24-6-2-3-7-24/h4-5,8-10,20,23H,2-3,6-7H2,1H3. The van der Waals surface area contributed by atoms with Crippen molar-refractivity contribution in [1.29, 1.82) is 0 Å². The minimum absolute atomic E-state index is 0.00428. The van der Waals surface area contributed by atoms with Crippen molar-refractivity contribution in [2.75, 3.05) is 17.8 Å². The van der Waals surface area contributed by atoms with Gasteiger partial charge in [0.1, 0.15) is 16.4 Å². The number of rotatable bonds is 5. The van der Waals surface area contributed by atoms with E-state index in [0.717, 1.165) is 18.9 Å². The lowest BCUT2D eigenvalue weighted by molar-refractivity contribution is 0.0754. The Morgan fingerprint density at radius 1 is 1.24 bits per heavy atom. The van der Waals surface area contributed by atoms with Crippen LogP contribution in [0, 0.1) is 12.7 Å². The molecule has 1 aliphatic heterocycles. The lowest BCUT2D eigenvalue weighted by atomic mass is 10.2. The second-order valence-corrected chi connectivity index (χ2v) is 8.41. The monoisotopic (exact) mass is 419 g/mol. The van der Waals surface area contributed by atoms with Crippen LogP contribution in [0.25, 0.3) is 11.6 Å². The number of benzene rings is 1. The van der Waals surface area contributed by atoms with Gasteiger partial charge in [0, 0.05) is 19.3 Å². The molecular formula is C18H18FN5O4S. The highest BCUT2D eigenvalue weighted by molar-refractivity contribution is 7.92. The van der Waals surface area contributed by atoms with Gasteiger partial charge in [-0.25, -0.2) is 12.8 Å². The number of carbonyl (C=O) groups is 1. The van der Waals surface area contributed by atoms with Crippen molar-refractivity contribution >= 4 is 21.6 Å². The molecule has 0 bridgehead atoms. The van der Waals surface area contributed by atoms with Crippen molar-refractivity contribution in [2.24, 2.45) is 0 Å². The number of aryl methyl sites for hydroxylation is 1. The van der Waals surface area contributed by atoms with E-state index < -0.39 is 15.8 Å². The molecule has 29 heavy (non-hydrogen) atoms. The van der Waals surface area contributed by atoms with Crippen molar-refractivity contribution in [1.82, 2.24) is 20.1 Å². The molecule has 1 fully saturated rings. The minimum Gasteiger partial charge on any atom is -0.411 e. The molecule has 3 aromatic rings. The van der Waals surface area contributed by atoms with Crippen LogP contribution >= 0.6 is 0 Å². The number of aromatic nitrogens is 3. The predicted molar refractivity (Wildman–Crippen MR) is 101 cm³/mol. The van der Waals surface area contributed by atoms with Crippen molar-refractivity contribution in [2.45, 2.75) is 24.7 Å². The van der Waals surface area contributed by atoms with Gasteiger partial charge in [-0.3, -0.25) is 9.52 Å². The van der Waals surface area contributed by atoms with Gasteiger partial charge in [0.15, 0.2) is 0 Å². The van der Waals surface area contributed by atoms with E-state index in [9.17, 15) is 17.6 Å². The number of sulfonamides is 1. The fraction of sp³-hybridized carbons (Fsp3) is 0.278. The number of nitrogens with zero attached hydrogens (tertiary/aromatic N) is 3. The van der Waals surface area contributed by atoms with Crippen molar-refractivity contribution in [3.8, 4) is 11.6 Å². The van der Waals surface area contributed by atoms with Crippen LogP contribution in [0.15, 0.2) is 39.8 Å². The van der Waals surface area contributed by atoms with Gasteiger partial charge in [0.2, 0.25) is 0 Å². The molecule has 0 saturated carbocycles. The van der Waals surface area contributed by atoms with E-state index in [2.05, 4.69) is 19.9 Å². The summed E-state index contributed by atoms with van der Waals surface area (Å²) in [5.41, 5.74) is 0.758. The maximum atomic E-state index is 13.7. The van der Waals surface area contributed by atoms with Crippen LogP contribution in [-0.2, 0) is 10.0 Å². The number of carbonyl (C=O) groups excluding carboxylic acids is 1. The number of H-pyrrole nitrogens is 1. The van der Waals surface area contributed by atoms with E-state index in [4.69, 9.17) is 4.42 Å². The molecule has 0 radical (unpaired) electrons. The minimum atomic E-state index is -3.97. The molecule has 0 aliphatic carbocycles. The first-order valence-corrected chi connectivity index (χ1v) is 10.4. The maximum Gasteiger partial charge on any atom is 0.311 e. The van der Waals surface area contributed by atoms with Gasteiger partial charge < -0.3 is 14.3 Å². The van der Waals surface area contributed by atoms with Gasteiger partial charge in [0.25, 0.3) is 15.9 Å². The first-order valence-electron chi connectivity index (χ1n) is 8.94. The fourth-order valence-corrected chi connectivity index (χ4v) is 4.04. The zero-order chi connectivity index (χ0) is 20.6. The van der Waals surface area contributed by atoms with E-state index in [1.54, 1.807) is 11.8 Å². The fourth-order valence-electron chi connectivity index (χ4n) is 3.00. The Bertz CT molecular complexity index is 1160. The molecule has 0 unspecified atom stereocenters. The molecule has 9 nitrogen and oxygen atoms in total. The zero-order valence-electron chi connectivity index (χ0n) is 15.5. The van der Waals surface area contributed by atoms with Crippen LogP contribution in [0.1, 0.15) is 29.1 Å². The van der Waals surface area contributed by atoms with Crippen molar-refractivity contribution in [3.63, 3.8) is 0 Å². The maximum absolute atomic E-state index is 13.7. The summed E-state index contributed by atoms with van der Waals surface area (Å²) in [4.78, 5) is 16.6. The molecular weight excluding hydrogens is 401 g/mol. The number of hydrogen-bond donors (Lipinski definition) is 2. The highest BCUT2D eigenvalue weighted by Gasteiger charge is 2.26. The summed E-state index contributed by atoms with van der Waals surface area (Å²) in [6.45, 7) is 2.87. The van der Waals surface area contributed by atoms with Crippen LogP contribution in [0.4, 0.5) is 10.1 Å². The molecule has 4 rings (SSSR count). The predicted octanol–water partition coefficient (Wildman–Crippen LogP) is 2.55. The van der Waals surface area contributed by atoms with Gasteiger partial charge in [-0.05, 0) is 43.5 Å². The van der Waals surface area contributed by atoms with Crippen molar-refractivity contribution < 1.29 is 22.0 Å². The lowest BCUT2D eigenvalue weighted by Crippen LogP contribution is -2.27. The van der Waals surface area contributed by atoms with Gasteiger partial charge in [0.05, 0.1) is 5.69 Å². The Kier molecular flexibility index (Phi) is 4.82. The summed E-state index contributed by atoms with van der Waals surface area (Å²) in [5.74, 6) is -1.01. The molecule has 2 N–H and O–H groups in total. The number of amides is 1. The summed E-state index contributed by atoms with van der Waals surface area (Å²) < 4.78 is 46.5. The van der Waals surface area contributed by atoms with E-state index in [-0.39, 0.29) is 34.0 Å². The van der Waals surface area contributed by atoms with E-state index >= 15 is 0 Å². The molecule has 3 heterocycles. The molecule has 1 aromatic carbocycles. The Balaban J connectivity index is 1.53. The Morgan fingerprint density at radius 3 is 2.72 bits per heavy atom. The second kappa shape index (κ2) is 7.32. The molecule has 1 amide bonds. The van der Waals surface area contributed by atoms with Gasteiger partial charge in [-0.1, -0.05) is 6.07 Å². The van der Waals surface area contributed by atoms with E-state index in [0.29, 0.717) is 18.7 Å². The number of hydrogen-bond acceptors (Lipinski definition) is 6. The highest BCUT2D eigenvalue weighted by Crippen LogP contribution is 2.24. The van der Waals surface area contributed by atoms with Crippen LogP contribution in [0.3, 0.4) is 0 Å². The number of nitrogens with one attached hydrogen (secondary N) is 2. The molecule has 1 saturated heterocycles. The molecule has 152 valence electrons. The highest BCUT2D eigenvalue weighted by atomic mass is 32.2. The molecule has 2 aromatic heterocycles. The zero-order valence-corrected chi connectivity index (χ0v) is 16.3. The van der Waals surface area contributed by atoms with Gasteiger partial charge >= 0.3 is 11.8 Å². The first kappa shape index (κ1) is 19.1. The van der Waals surface area contributed by atoms with E-state index in [1.165, 1.54) is 24.4 Å². The summed E-state index contributed by atoms with van der Waals surface area (Å²) in [6, 6.07) is 5.35. The molecule has 11 heteroatoms. The number of likely N-dealkylation sites (tertiary alicyclic amines) is 1. The normalized spacial score (nSPS) is 14.3. The average molecular weight is 419 g/mol. The van der Waals surface area contributed by atoms with Crippen LogP contribution in [0.2, 0.25) is 0 Å². The Morgan fingerprint density at radius 2 is 2.00 bits per heavy atom. The average Bonchev–Trinajstić information content (AvgIpc) is 3.44. The number of anilines is 1. The third-order valence-electron chi connectivity index (χ3n) is 4.62. The topological polar surface area (TPSA) is 121 Å². The van der Waals surface area contributed by atoms with Crippen LogP contribution in [-0.4, -0.2) is 47.5 Å². The lowest BCUT2D eigenvalue weighted by Gasteiger charge is -2.11. The van der Waals surface area contributed by atoms with Gasteiger partial charge in [-0.2, -0.15) is 0 Å². The first-order chi connectivity index (χ1) is 13.8. The van der Waals surface area contributed by atoms with Crippen LogP contribution in [0.5, 0.6) is 0 Å². The van der Waals surface area contributed by atoms with Crippen LogP contribution < -0.4 is 4.72 Å². The quantitative estimate of drug-likeness (QED) is 0.656. The number of aromatic amines is 1. The van der Waals surface area contributed by atoms with E-state index in [1.807, 2.05) is 0 Å². The summed E-state index contributed by atoms with van der Waals surface area (Å²) in [6.07, 6.45) is 3.11.